The lowest BCUT2D eigenvalue weighted by molar-refractivity contribution is -0.175. The highest BCUT2D eigenvalue weighted by Crippen LogP contribution is 2.40. The van der Waals surface area contributed by atoms with Crippen molar-refractivity contribution in [3.05, 3.63) is 100 Å². The summed E-state index contributed by atoms with van der Waals surface area (Å²) in [6.45, 7) is 8.13. The zero-order chi connectivity index (χ0) is 42.1. The number of ether oxygens (including phenoxy) is 2. The minimum absolute atomic E-state index is 0.00334. The second kappa shape index (κ2) is 19.4. The highest BCUT2D eigenvalue weighted by molar-refractivity contribution is 6.30. The molecule has 4 rings (SSSR count). The fraction of sp³-hybridized carbons (Fsp3) is 0.452. The number of nitrogens with one attached hydrogen (secondary N) is 4. The molecule has 1 aliphatic rings. The molecule has 3 aromatic carbocycles. The van der Waals surface area contributed by atoms with Gasteiger partial charge in [0, 0.05) is 18.0 Å². The molecule has 0 saturated heterocycles. The monoisotopic (exact) mass is 814 g/mol. The van der Waals surface area contributed by atoms with E-state index < -0.39 is 71.3 Å². The fourth-order valence-electron chi connectivity index (χ4n) is 6.36. The van der Waals surface area contributed by atoms with Crippen LogP contribution in [0.5, 0.6) is 5.75 Å². The molecule has 4 atom stereocenters. The van der Waals surface area contributed by atoms with Crippen molar-refractivity contribution in [2.75, 3.05) is 7.11 Å². The molecule has 57 heavy (non-hydrogen) atoms. The van der Waals surface area contributed by atoms with E-state index in [9.17, 15) is 37.1 Å². The lowest BCUT2D eigenvalue weighted by Crippen LogP contribution is -2.55. The summed E-state index contributed by atoms with van der Waals surface area (Å²) in [5.74, 6) is -5.58. The minimum atomic E-state index is -5.22. The number of methoxy groups -OCH3 is 1. The SMILES string of the molecule is COc1ccc([C@H](NC(=O)[C@H](Cc2ccc(CNC(=O)OC(C)(C)C)cc2)NC(=O)C(c2ccc(Cl)cc2)C2CCC2)C(=O)N[C@H](C(=O)C(F)(F)F)C(C)C)cc1. The van der Waals surface area contributed by atoms with Crippen LogP contribution in [0.15, 0.2) is 72.8 Å². The molecule has 1 aliphatic carbocycles. The van der Waals surface area contributed by atoms with E-state index in [1.807, 2.05) is 0 Å². The van der Waals surface area contributed by atoms with Crippen LogP contribution in [0.1, 0.15) is 88.1 Å². The third-order valence-corrected chi connectivity index (χ3v) is 9.84. The number of amides is 4. The number of hydrogen-bond acceptors (Lipinski definition) is 7. The molecule has 1 fully saturated rings. The third-order valence-electron chi connectivity index (χ3n) is 9.59. The van der Waals surface area contributed by atoms with Crippen molar-refractivity contribution in [1.82, 2.24) is 21.3 Å². The quantitative estimate of drug-likeness (QED) is 0.120. The number of ketones is 1. The number of alkyl halides is 3. The van der Waals surface area contributed by atoms with Gasteiger partial charge in [-0.15, -0.1) is 0 Å². The van der Waals surface area contributed by atoms with Crippen LogP contribution in [0.4, 0.5) is 18.0 Å². The van der Waals surface area contributed by atoms with Gasteiger partial charge < -0.3 is 30.7 Å². The van der Waals surface area contributed by atoms with Crippen molar-refractivity contribution >= 4 is 41.2 Å². The van der Waals surface area contributed by atoms with Gasteiger partial charge in [0.1, 0.15) is 23.4 Å². The Morgan fingerprint density at radius 2 is 1.35 bits per heavy atom. The summed E-state index contributed by atoms with van der Waals surface area (Å²) in [7, 11) is 1.43. The Morgan fingerprint density at radius 3 is 1.86 bits per heavy atom. The molecule has 0 radical (unpaired) electrons. The van der Waals surface area contributed by atoms with E-state index in [0.717, 1.165) is 24.8 Å². The summed E-state index contributed by atoms with van der Waals surface area (Å²) in [6, 6.07) is 15.0. The highest BCUT2D eigenvalue weighted by atomic mass is 35.5. The fourth-order valence-corrected chi connectivity index (χ4v) is 6.48. The number of benzene rings is 3. The number of hydrogen-bond donors (Lipinski definition) is 4. The molecule has 0 spiro atoms. The van der Waals surface area contributed by atoms with E-state index in [2.05, 4.69) is 21.3 Å². The first-order chi connectivity index (χ1) is 26.7. The average Bonchev–Trinajstić information content (AvgIpc) is 3.12. The first-order valence-corrected chi connectivity index (χ1v) is 19.1. The zero-order valence-electron chi connectivity index (χ0n) is 32.8. The van der Waals surface area contributed by atoms with E-state index in [0.29, 0.717) is 21.9 Å². The molecule has 1 unspecified atom stereocenters. The molecule has 11 nitrogen and oxygen atoms in total. The summed E-state index contributed by atoms with van der Waals surface area (Å²) in [6.07, 6.45) is -3.33. The van der Waals surface area contributed by atoms with Crippen LogP contribution < -0.4 is 26.0 Å². The van der Waals surface area contributed by atoms with Gasteiger partial charge in [0.15, 0.2) is 0 Å². The predicted octanol–water partition coefficient (Wildman–Crippen LogP) is 7.11. The van der Waals surface area contributed by atoms with E-state index in [1.54, 1.807) is 69.3 Å². The molecule has 0 heterocycles. The second-order valence-electron chi connectivity index (χ2n) is 15.5. The van der Waals surface area contributed by atoms with Crippen LogP contribution in [0.25, 0.3) is 0 Å². The number of carbonyl (C=O) groups is 5. The minimum Gasteiger partial charge on any atom is -0.497 e. The number of halogens is 4. The van der Waals surface area contributed by atoms with Crippen molar-refractivity contribution in [3.8, 4) is 5.75 Å². The van der Waals surface area contributed by atoms with Gasteiger partial charge in [0.2, 0.25) is 17.7 Å². The molecule has 3 aromatic rings. The van der Waals surface area contributed by atoms with Crippen molar-refractivity contribution in [1.29, 1.82) is 0 Å². The largest absolute Gasteiger partial charge is 0.497 e. The van der Waals surface area contributed by atoms with Gasteiger partial charge in [-0.3, -0.25) is 19.2 Å². The maximum Gasteiger partial charge on any atom is 0.452 e. The number of Topliss-reactive ketones (excluding diaryl/α,β-unsaturated/α-hetero) is 1. The molecule has 0 bridgehead atoms. The maximum atomic E-state index is 14.4. The summed E-state index contributed by atoms with van der Waals surface area (Å²) < 4.78 is 51.2. The van der Waals surface area contributed by atoms with Crippen LogP contribution in [0.3, 0.4) is 0 Å². The van der Waals surface area contributed by atoms with Crippen molar-refractivity contribution < 1.29 is 46.6 Å². The summed E-state index contributed by atoms with van der Waals surface area (Å²) in [5.41, 5.74) is 1.57. The van der Waals surface area contributed by atoms with E-state index in [-0.39, 0.29) is 24.4 Å². The third kappa shape index (κ3) is 13.0. The summed E-state index contributed by atoms with van der Waals surface area (Å²) >= 11 is 6.15. The van der Waals surface area contributed by atoms with Gasteiger partial charge in [-0.2, -0.15) is 13.2 Å². The number of carbonyl (C=O) groups excluding carboxylic acids is 5. The molecule has 1 saturated carbocycles. The van der Waals surface area contributed by atoms with Crippen LogP contribution in [0, 0.1) is 11.8 Å². The summed E-state index contributed by atoms with van der Waals surface area (Å²) in [5, 5.41) is 10.9. The van der Waals surface area contributed by atoms with Gasteiger partial charge >= 0.3 is 12.3 Å². The zero-order valence-corrected chi connectivity index (χ0v) is 33.6. The molecular formula is C42H50ClF3N4O7. The summed E-state index contributed by atoms with van der Waals surface area (Å²) in [4.78, 5) is 67.0. The van der Waals surface area contributed by atoms with Gasteiger partial charge in [0.25, 0.3) is 5.78 Å². The Kier molecular flexibility index (Phi) is 15.1. The van der Waals surface area contributed by atoms with Crippen molar-refractivity contribution in [2.24, 2.45) is 11.8 Å². The predicted molar refractivity (Wildman–Crippen MR) is 208 cm³/mol. The van der Waals surface area contributed by atoms with Crippen LogP contribution in [0.2, 0.25) is 5.02 Å². The lowest BCUT2D eigenvalue weighted by atomic mass is 9.72. The highest BCUT2D eigenvalue weighted by Gasteiger charge is 2.46. The molecule has 0 aromatic heterocycles. The van der Waals surface area contributed by atoms with Crippen molar-refractivity contribution in [3.63, 3.8) is 0 Å². The van der Waals surface area contributed by atoms with E-state index in [4.69, 9.17) is 21.1 Å². The van der Waals surface area contributed by atoms with E-state index in [1.165, 1.54) is 45.2 Å². The number of rotatable bonds is 16. The number of alkyl carbamates (subject to hydrolysis) is 1. The van der Waals surface area contributed by atoms with Gasteiger partial charge in [-0.05, 0) is 92.0 Å². The van der Waals surface area contributed by atoms with Gasteiger partial charge in [0.05, 0.1) is 19.1 Å². The Balaban J connectivity index is 1.66. The molecule has 4 N–H and O–H groups in total. The normalized spacial score (nSPS) is 15.3. The van der Waals surface area contributed by atoms with Crippen molar-refractivity contribution in [2.45, 2.75) is 103 Å². The Morgan fingerprint density at radius 1 is 0.772 bits per heavy atom. The lowest BCUT2D eigenvalue weighted by Gasteiger charge is -2.34. The molecule has 4 amide bonds. The molecular weight excluding hydrogens is 765 g/mol. The Bertz CT molecular complexity index is 1860. The van der Waals surface area contributed by atoms with Crippen LogP contribution in [-0.2, 0) is 36.9 Å². The van der Waals surface area contributed by atoms with Gasteiger partial charge in [-0.25, -0.2) is 4.79 Å². The van der Waals surface area contributed by atoms with Gasteiger partial charge in [-0.1, -0.05) is 80.4 Å². The van der Waals surface area contributed by atoms with E-state index >= 15 is 0 Å². The van der Waals surface area contributed by atoms with Crippen LogP contribution >= 0.6 is 11.6 Å². The average molecular weight is 815 g/mol. The van der Waals surface area contributed by atoms with Crippen LogP contribution in [-0.4, -0.2) is 60.6 Å². The molecule has 0 aliphatic heterocycles. The first-order valence-electron chi connectivity index (χ1n) is 18.7. The Labute approximate surface area is 335 Å². The maximum absolute atomic E-state index is 14.4. The molecule has 15 heteroatoms. The standard InChI is InChI=1S/C42H50ClF3N4O7/c1-24(2)34(36(51)42(44,45)46)49-39(54)35(29-16-20-31(56-6)21-17-29)50-37(52)32(22-25-10-12-26(13-11-25)23-47-40(55)57-41(3,4)5)48-38(53)33(27-8-7-9-27)28-14-18-30(43)19-15-28/h10-21,24,27,32-35H,7-9,22-23H2,1-6H3,(H,47,55)(H,48,53)(H,49,54)(H,50,52)/t32-,33?,34-,35-/m0/s1. The molecule has 308 valence electrons. The Hall–Kier alpha value is -5.11. The smallest absolute Gasteiger partial charge is 0.452 e. The topological polar surface area (TPSA) is 152 Å². The second-order valence-corrected chi connectivity index (χ2v) is 15.9. The first kappa shape index (κ1) is 44.6.